The molecule has 1 aromatic heterocycles. The molecule has 2 atom stereocenters. The lowest BCUT2D eigenvalue weighted by molar-refractivity contribution is 0.187. The first-order valence-electron chi connectivity index (χ1n) is 6.19. The third-order valence-electron chi connectivity index (χ3n) is 3.32. The summed E-state index contributed by atoms with van der Waals surface area (Å²) in [6.07, 6.45) is 1.60. The maximum atomic E-state index is 5.73. The fraction of sp³-hybridized carbons (Fsp3) is 0.357. The quantitative estimate of drug-likeness (QED) is 0.901. The SMILES string of the molecule is CC1COc2ccccc2C1NCc1ccon1. The number of rotatable bonds is 3. The van der Waals surface area contributed by atoms with Crippen LogP contribution in [0.2, 0.25) is 0 Å². The van der Waals surface area contributed by atoms with Crippen LogP contribution < -0.4 is 10.1 Å². The second-order valence-electron chi connectivity index (χ2n) is 4.68. The molecule has 0 radical (unpaired) electrons. The monoisotopic (exact) mass is 244 g/mol. The van der Waals surface area contributed by atoms with Gasteiger partial charge in [0.2, 0.25) is 0 Å². The Morgan fingerprint density at radius 3 is 3.06 bits per heavy atom. The predicted octanol–water partition coefficient (Wildman–Crippen LogP) is 2.53. The zero-order chi connectivity index (χ0) is 12.4. The van der Waals surface area contributed by atoms with E-state index in [9.17, 15) is 0 Å². The van der Waals surface area contributed by atoms with Crippen molar-refractivity contribution in [3.63, 3.8) is 0 Å². The molecule has 2 unspecified atom stereocenters. The molecule has 0 amide bonds. The Morgan fingerprint density at radius 2 is 2.22 bits per heavy atom. The van der Waals surface area contributed by atoms with Gasteiger partial charge in [0, 0.05) is 30.1 Å². The van der Waals surface area contributed by atoms with E-state index in [0.717, 1.165) is 18.1 Å². The zero-order valence-corrected chi connectivity index (χ0v) is 10.3. The summed E-state index contributed by atoms with van der Waals surface area (Å²) in [5.41, 5.74) is 2.14. The van der Waals surface area contributed by atoms with E-state index in [1.807, 2.05) is 24.3 Å². The van der Waals surface area contributed by atoms with Crippen LogP contribution in [0.1, 0.15) is 24.2 Å². The molecule has 0 saturated heterocycles. The van der Waals surface area contributed by atoms with Gasteiger partial charge in [-0.1, -0.05) is 30.3 Å². The summed E-state index contributed by atoms with van der Waals surface area (Å²) < 4.78 is 10.6. The highest BCUT2D eigenvalue weighted by molar-refractivity contribution is 5.37. The van der Waals surface area contributed by atoms with Crippen molar-refractivity contribution in [3.8, 4) is 5.75 Å². The Hall–Kier alpha value is -1.81. The summed E-state index contributed by atoms with van der Waals surface area (Å²) in [5, 5.41) is 7.44. The highest BCUT2D eigenvalue weighted by Crippen LogP contribution is 2.34. The number of nitrogens with zero attached hydrogens (tertiary/aromatic N) is 1. The number of para-hydroxylation sites is 1. The van der Waals surface area contributed by atoms with Crippen LogP contribution in [0, 0.1) is 5.92 Å². The van der Waals surface area contributed by atoms with Gasteiger partial charge in [-0.25, -0.2) is 0 Å². The number of hydrogen-bond donors (Lipinski definition) is 1. The number of aromatic nitrogens is 1. The van der Waals surface area contributed by atoms with E-state index in [4.69, 9.17) is 9.26 Å². The minimum atomic E-state index is 0.298. The molecule has 0 spiro atoms. The minimum Gasteiger partial charge on any atom is -0.493 e. The molecule has 3 rings (SSSR count). The van der Waals surface area contributed by atoms with Gasteiger partial charge in [0.15, 0.2) is 0 Å². The Balaban J connectivity index is 1.78. The lowest BCUT2D eigenvalue weighted by Gasteiger charge is -2.32. The molecule has 94 valence electrons. The number of ether oxygens (including phenoxy) is 1. The van der Waals surface area contributed by atoms with Gasteiger partial charge in [-0.05, 0) is 6.07 Å². The molecule has 1 N–H and O–H groups in total. The molecule has 0 bridgehead atoms. The van der Waals surface area contributed by atoms with Crippen molar-refractivity contribution < 1.29 is 9.26 Å². The van der Waals surface area contributed by atoms with Crippen molar-refractivity contribution in [1.29, 1.82) is 0 Å². The molecule has 4 nitrogen and oxygen atoms in total. The van der Waals surface area contributed by atoms with Crippen LogP contribution >= 0.6 is 0 Å². The van der Waals surface area contributed by atoms with Crippen molar-refractivity contribution in [2.45, 2.75) is 19.5 Å². The molecule has 2 heterocycles. The standard InChI is InChI=1S/C14H16N2O2/c1-10-9-17-13-5-3-2-4-12(13)14(10)15-8-11-6-7-18-16-11/h2-7,10,14-15H,8-9H2,1H3. The number of benzene rings is 1. The fourth-order valence-corrected chi connectivity index (χ4v) is 2.35. The van der Waals surface area contributed by atoms with E-state index in [0.29, 0.717) is 18.5 Å². The Labute approximate surface area is 106 Å². The van der Waals surface area contributed by atoms with Crippen LogP contribution in [0.4, 0.5) is 0 Å². The summed E-state index contributed by atoms with van der Waals surface area (Å²) in [5.74, 6) is 1.42. The Bertz CT molecular complexity index is 510. The molecule has 1 aliphatic rings. The Kier molecular flexibility index (Phi) is 3.02. The van der Waals surface area contributed by atoms with Gasteiger partial charge in [-0.2, -0.15) is 0 Å². The van der Waals surface area contributed by atoms with Crippen LogP contribution in [0.3, 0.4) is 0 Å². The summed E-state index contributed by atoms with van der Waals surface area (Å²) in [6.45, 7) is 3.64. The van der Waals surface area contributed by atoms with E-state index in [2.05, 4.69) is 23.5 Å². The average molecular weight is 244 g/mol. The molecule has 1 aliphatic heterocycles. The molecular weight excluding hydrogens is 228 g/mol. The second-order valence-corrected chi connectivity index (χ2v) is 4.68. The van der Waals surface area contributed by atoms with Crippen molar-refractivity contribution >= 4 is 0 Å². The summed E-state index contributed by atoms with van der Waals surface area (Å²) >= 11 is 0. The minimum absolute atomic E-state index is 0.298. The molecule has 0 saturated carbocycles. The molecule has 18 heavy (non-hydrogen) atoms. The number of nitrogens with one attached hydrogen (secondary N) is 1. The highest BCUT2D eigenvalue weighted by Gasteiger charge is 2.27. The van der Waals surface area contributed by atoms with Crippen molar-refractivity contribution in [1.82, 2.24) is 10.5 Å². The smallest absolute Gasteiger partial charge is 0.124 e. The molecular formula is C14H16N2O2. The topological polar surface area (TPSA) is 47.3 Å². The summed E-state index contributed by atoms with van der Waals surface area (Å²) in [7, 11) is 0. The van der Waals surface area contributed by atoms with Gasteiger partial charge in [-0.15, -0.1) is 0 Å². The van der Waals surface area contributed by atoms with E-state index in [-0.39, 0.29) is 0 Å². The third-order valence-corrected chi connectivity index (χ3v) is 3.32. The largest absolute Gasteiger partial charge is 0.493 e. The first-order valence-corrected chi connectivity index (χ1v) is 6.19. The number of hydrogen-bond acceptors (Lipinski definition) is 4. The molecule has 1 aromatic carbocycles. The maximum Gasteiger partial charge on any atom is 0.124 e. The summed E-state index contributed by atoms with van der Waals surface area (Å²) in [4.78, 5) is 0. The lowest BCUT2D eigenvalue weighted by Crippen LogP contribution is -2.33. The van der Waals surface area contributed by atoms with Gasteiger partial charge >= 0.3 is 0 Å². The van der Waals surface area contributed by atoms with Crippen LogP contribution in [0.5, 0.6) is 5.75 Å². The van der Waals surface area contributed by atoms with Crippen molar-refractivity contribution in [2.75, 3.05) is 6.61 Å². The number of fused-ring (bicyclic) bond motifs is 1. The van der Waals surface area contributed by atoms with Gasteiger partial charge in [0.05, 0.1) is 12.3 Å². The van der Waals surface area contributed by atoms with Crippen molar-refractivity contribution in [3.05, 3.63) is 47.9 Å². The van der Waals surface area contributed by atoms with E-state index < -0.39 is 0 Å². The highest BCUT2D eigenvalue weighted by atomic mass is 16.5. The van der Waals surface area contributed by atoms with Crippen molar-refractivity contribution in [2.24, 2.45) is 5.92 Å². The fourth-order valence-electron chi connectivity index (χ4n) is 2.35. The third kappa shape index (κ3) is 2.11. The summed E-state index contributed by atoms with van der Waals surface area (Å²) in [6, 6.07) is 10.4. The van der Waals surface area contributed by atoms with Gasteiger partial charge < -0.3 is 14.6 Å². The second kappa shape index (κ2) is 4.82. The lowest BCUT2D eigenvalue weighted by atomic mass is 9.92. The van der Waals surface area contributed by atoms with Gasteiger partial charge in [0.1, 0.15) is 12.0 Å². The van der Waals surface area contributed by atoms with Gasteiger partial charge in [-0.3, -0.25) is 0 Å². The van der Waals surface area contributed by atoms with Crippen LogP contribution in [0.15, 0.2) is 41.1 Å². The van der Waals surface area contributed by atoms with E-state index in [1.54, 1.807) is 6.26 Å². The predicted molar refractivity (Wildman–Crippen MR) is 67.2 cm³/mol. The first kappa shape index (κ1) is 11.3. The van der Waals surface area contributed by atoms with Crippen LogP contribution in [-0.4, -0.2) is 11.8 Å². The maximum absolute atomic E-state index is 5.73. The zero-order valence-electron chi connectivity index (χ0n) is 10.3. The average Bonchev–Trinajstić information content (AvgIpc) is 2.91. The van der Waals surface area contributed by atoms with Crippen LogP contribution in [0.25, 0.3) is 0 Å². The molecule has 2 aromatic rings. The molecule has 0 fully saturated rings. The van der Waals surface area contributed by atoms with Crippen LogP contribution in [-0.2, 0) is 6.54 Å². The molecule has 4 heteroatoms. The molecule has 0 aliphatic carbocycles. The first-order chi connectivity index (χ1) is 8.84. The van der Waals surface area contributed by atoms with E-state index >= 15 is 0 Å². The van der Waals surface area contributed by atoms with E-state index in [1.165, 1.54) is 5.56 Å². The normalized spacial score (nSPS) is 22.3. The van der Waals surface area contributed by atoms with Gasteiger partial charge in [0.25, 0.3) is 0 Å². The Morgan fingerprint density at radius 1 is 1.33 bits per heavy atom.